The average Bonchev–Trinajstić information content (AvgIpc) is 2.35. The fourth-order valence-electron chi connectivity index (χ4n) is 1.66. The van der Waals surface area contributed by atoms with Crippen LogP contribution >= 0.6 is 0 Å². The van der Waals surface area contributed by atoms with Gasteiger partial charge in [0.25, 0.3) is 0 Å². The van der Waals surface area contributed by atoms with Crippen molar-refractivity contribution in [1.29, 1.82) is 0 Å². The molecule has 0 fully saturated rings. The zero-order chi connectivity index (χ0) is 12.8. The van der Waals surface area contributed by atoms with Crippen molar-refractivity contribution >= 4 is 9.76 Å². The number of rotatable bonds is 13. The quantitative estimate of drug-likeness (QED) is 0.290. The van der Waals surface area contributed by atoms with E-state index in [9.17, 15) is 0 Å². The number of unbranched alkanes of at least 4 members (excludes halogenated alkanes) is 6. The van der Waals surface area contributed by atoms with Gasteiger partial charge >= 0.3 is 0 Å². The molecule has 1 atom stereocenters. The maximum absolute atomic E-state index is 5.61. The lowest BCUT2D eigenvalue weighted by molar-refractivity contribution is -0.0928. The van der Waals surface area contributed by atoms with Crippen LogP contribution in [0.5, 0.6) is 0 Å². The summed E-state index contributed by atoms with van der Waals surface area (Å²) in [7, 11) is 3.39. The molecule has 103 valence electrons. The molecule has 0 aromatic rings. The Morgan fingerprint density at radius 3 is 2.18 bits per heavy atom. The van der Waals surface area contributed by atoms with Crippen molar-refractivity contribution in [2.75, 3.05) is 20.8 Å². The van der Waals surface area contributed by atoms with Gasteiger partial charge in [0.05, 0.1) is 6.61 Å². The van der Waals surface area contributed by atoms with Crippen molar-refractivity contribution < 1.29 is 13.9 Å². The summed E-state index contributed by atoms with van der Waals surface area (Å²) in [5, 5.41) is 0. The van der Waals surface area contributed by atoms with Gasteiger partial charge in [-0.1, -0.05) is 51.9 Å². The Morgan fingerprint density at radius 2 is 1.59 bits per heavy atom. The Labute approximate surface area is 109 Å². The topological polar surface area (TPSA) is 27.7 Å². The van der Waals surface area contributed by atoms with E-state index in [1.165, 1.54) is 51.0 Å². The molecule has 0 aliphatic carbocycles. The van der Waals surface area contributed by atoms with Crippen LogP contribution in [0.15, 0.2) is 0 Å². The fraction of sp³-hybridized carbons (Fsp3) is 1.00. The van der Waals surface area contributed by atoms with Crippen molar-refractivity contribution in [2.24, 2.45) is 0 Å². The van der Waals surface area contributed by atoms with Gasteiger partial charge in [-0.05, 0) is 6.04 Å². The van der Waals surface area contributed by atoms with E-state index in [2.05, 4.69) is 6.92 Å². The van der Waals surface area contributed by atoms with E-state index in [4.69, 9.17) is 13.9 Å². The molecular weight excluding hydrogens is 232 g/mol. The van der Waals surface area contributed by atoms with Crippen molar-refractivity contribution in [3.8, 4) is 0 Å². The van der Waals surface area contributed by atoms with Gasteiger partial charge in [-0.15, -0.1) is 0 Å². The third-order valence-corrected chi connectivity index (χ3v) is 3.88. The highest BCUT2D eigenvalue weighted by molar-refractivity contribution is 6.27. The van der Waals surface area contributed by atoms with Gasteiger partial charge in [-0.2, -0.15) is 0 Å². The highest BCUT2D eigenvalue weighted by Crippen LogP contribution is 2.08. The van der Waals surface area contributed by atoms with Crippen molar-refractivity contribution in [3.63, 3.8) is 0 Å². The molecular formula is C13H29O3Si. The predicted molar refractivity (Wildman–Crippen MR) is 73.7 cm³/mol. The van der Waals surface area contributed by atoms with E-state index in [-0.39, 0.29) is 16.1 Å². The molecule has 0 heterocycles. The SMILES string of the molecule is CCCCCCCCC[SiH]OC(COC)OC. The highest BCUT2D eigenvalue weighted by Gasteiger charge is 2.05. The van der Waals surface area contributed by atoms with Gasteiger partial charge in [0.15, 0.2) is 16.1 Å². The Balaban J connectivity index is 3.11. The summed E-state index contributed by atoms with van der Waals surface area (Å²) in [5.41, 5.74) is 0. The summed E-state index contributed by atoms with van der Waals surface area (Å²) in [6.07, 6.45) is 9.38. The third kappa shape index (κ3) is 12.3. The van der Waals surface area contributed by atoms with E-state index in [1.807, 2.05) is 0 Å². The van der Waals surface area contributed by atoms with E-state index >= 15 is 0 Å². The van der Waals surface area contributed by atoms with Crippen molar-refractivity contribution in [1.82, 2.24) is 0 Å². The fourth-order valence-corrected chi connectivity index (χ4v) is 2.65. The lowest BCUT2D eigenvalue weighted by Gasteiger charge is -2.14. The van der Waals surface area contributed by atoms with Crippen LogP contribution in [0.3, 0.4) is 0 Å². The molecule has 0 rings (SSSR count). The summed E-state index contributed by atoms with van der Waals surface area (Å²) in [4.78, 5) is 0. The standard InChI is InChI=1S/C13H29O3Si/c1-4-5-6-7-8-9-10-11-17-16-13(15-3)12-14-2/h13,17H,4-12H2,1-3H3. The molecule has 0 saturated carbocycles. The van der Waals surface area contributed by atoms with Crippen LogP contribution in [0.4, 0.5) is 0 Å². The smallest absolute Gasteiger partial charge is 0.196 e. The minimum atomic E-state index is -0.167. The molecule has 17 heavy (non-hydrogen) atoms. The zero-order valence-electron chi connectivity index (χ0n) is 11.7. The highest BCUT2D eigenvalue weighted by atomic mass is 28.2. The molecule has 0 aromatic carbocycles. The van der Waals surface area contributed by atoms with Crippen LogP contribution in [0, 0.1) is 0 Å². The number of methoxy groups -OCH3 is 2. The van der Waals surface area contributed by atoms with Crippen LogP contribution < -0.4 is 0 Å². The largest absolute Gasteiger partial charge is 0.395 e. The van der Waals surface area contributed by atoms with Gasteiger partial charge in [0.1, 0.15) is 0 Å². The van der Waals surface area contributed by atoms with Crippen LogP contribution in [-0.2, 0) is 13.9 Å². The number of hydrogen-bond donors (Lipinski definition) is 0. The molecule has 1 radical (unpaired) electrons. The second-order valence-electron chi connectivity index (χ2n) is 4.33. The Morgan fingerprint density at radius 1 is 0.941 bits per heavy atom. The molecule has 3 nitrogen and oxygen atoms in total. The van der Waals surface area contributed by atoms with Crippen molar-refractivity contribution in [2.45, 2.75) is 64.2 Å². The molecule has 0 amide bonds. The molecule has 1 unspecified atom stereocenters. The summed E-state index contributed by atoms with van der Waals surface area (Å²) >= 11 is 0. The van der Waals surface area contributed by atoms with Crippen LogP contribution in [-0.4, -0.2) is 36.9 Å². The molecule has 4 heteroatoms. The van der Waals surface area contributed by atoms with E-state index in [0.29, 0.717) is 6.61 Å². The second-order valence-corrected chi connectivity index (χ2v) is 5.52. The summed E-state index contributed by atoms with van der Waals surface area (Å²) in [6.45, 7) is 2.79. The lowest BCUT2D eigenvalue weighted by atomic mass is 10.1. The summed E-state index contributed by atoms with van der Waals surface area (Å²) < 4.78 is 15.7. The molecule has 0 aliphatic rings. The Kier molecular flexibility index (Phi) is 14.2. The van der Waals surface area contributed by atoms with E-state index < -0.39 is 0 Å². The van der Waals surface area contributed by atoms with Crippen LogP contribution in [0.2, 0.25) is 6.04 Å². The maximum atomic E-state index is 5.61. The molecule has 0 saturated heterocycles. The van der Waals surface area contributed by atoms with Gasteiger partial charge in [-0.25, -0.2) is 0 Å². The van der Waals surface area contributed by atoms with Gasteiger partial charge in [0.2, 0.25) is 0 Å². The predicted octanol–water partition coefficient (Wildman–Crippen LogP) is 3.14. The minimum Gasteiger partial charge on any atom is -0.395 e. The molecule has 0 bridgehead atoms. The molecule has 0 N–H and O–H groups in total. The molecule has 0 spiro atoms. The monoisotopic (exact) mass is 261 g/mol. The number of hydrogen-bond acceptors (Lipinski definition) is 3. The first-order valence-electron chi connectivity index (χ1n) is 6.84. The molecule has 0 aromatic heterocycles. The normalized spacial score (nSPS) is 12.9. The lowest BCUT2D eigenvalue weighted by Crippen LogP contribution is -2.22. The molecule has 0 aliphatic heterocycles. The zero-order valence-corrected chi connectivity index (χ0v) is 12.9. The van der Waals surface area contributed by atoms with Gasteiger partial charge in [-0.3, -0.25) is 0 Å². The van der Waals surface area contributed by atoms with Crippen LogP contribution in [0.1, 0.15) is 51.9 Å². The maximum Gasteiger partial charge on any atom is 0.196 e. The Hall–Kier alpha value is 0.0969. The first kappa shape index (κ1) is 17.1. The van der Waals surface area contributed by atoms with Gasteiger partial charge < -0.3 is 13.9 Å². The summed E-state index contributed by atoms with van der Waals surface area (Å²) in [5.74, 6) is 0. The van der Waals surface area contributed by atoms with Crippen molar-refractivity contribution in [3.05, 3.63) is 0 Å². The van der Waals surface area contributed by atoms with E-state index in [1.54, 1.807) is 14.2 Å². The first-order chi connectivity index (χ1) is 8.35. The van der Waals surface area contributed by atoms with Crippen LogP contribution in [0.25, 0.3) is 0 Å². The second kappa shape index (κ2) is 14.2. The Bertz CT molecular complexity index is 145. The first-order valence-corrected chi connectivity index (χ1v) is 8.12. The van der Waals surface area contributed by atoms with Gasteiger partial charge in [0, 0.05) is 14.2 Å². The summed E-state index contributed by atoms with van der Waals surface area (Å²) in [6, 6.07) is 1.21. The average molecular weight is 261 g/mol. The van der Waals surface area contributed by atoms with E-state index in [0.717, 1.165) is 0 Å². The number of ether oxygens (including phenoxy) is 2. The third-order valence-electron chi connectivity index (χ3n) is 2.74. The minimum absolute atomic E-state index is 0.0601.